The summed E-state index contributed by atoms with van der Waals surface area (Å²) in [5.74, 6) is -0.864. The summed E-state index contributed by atoms with van der Waals surface area (Å²) in [4.78, 5) is 30.1. The molecule has 2 aromatic rings. The Hall–Kier alpha value is -1.92. The van der Waals surface area contributed by atoms with Crippen LogP contribution in [0.3, 0.4) is 0 Å². The number of fused-ring (bicyclic) bond motifs is 1. The zero-order valence-electron chi connectivity index (χ0n) is 13.8. The third-order valence-electron chi connectivity index (χ3n) is 4.08. The third kappa shape index (κ3) is 3.70. The number of benzene rings is 2. The number of halogens is 2. The largest absolute Gasteiger partial charge is 0.311 e. The Morgan fingerprint density at radius 1 is 1.12 bits per heavy atom. The van der Waals surface area contributed by atoms with E-state index in [0.717, 1.165) is 16.2 Å². The van der Waals surface area contributed by atoms with Crippen molar-refractivity contribution in [1.29, 1.82) is 0 Å². The van der Waals surface area contributed by atoms with Crippen LogP contribution >= 0.6 is 24.0 Å². The fourth-order valence-corrected chi connectivity index (χ4v) is 3.02. The number of imide groups is 1. The van der Waals surface area contributed by atoms with Gasteiger partial charge in [-0.1, -0.05) is 29.8 Å². The number of hydroxylamine groups is 2. The smallest absolute Gasteiger partial charge is 0.285 e. The lowest BCUT2D eigenvalue weighted by Gasteiger charge is -2.21. The number of likely N-dealkylation sites (N-methyl/N-ethyl adjacent to an activating group) is 1. The van der Waals surface area contributed by atoms with E-state index in [9.17, 15) is 9.59 Å². The van der Waals surface area contributed by atoms with E-state index in [1.54, 1.807) is 37.4 Å². The number of aryl methyl sites for hydroxylation is 1. The minimum Gasteiger partial charge on any atom is -0.311 e. The molecule has 5 nitrogen and oxygen atoms in total. The van der Waals surface area contributed by atoms with Gasteiger partial charge in [0, 0.05) is 5.02 Å². The van der Waals surface area contributed by atoms with Crippen molar-refractivity contribution < 1.29 is 14.4 Å². The quantitative estimate of drug-likeness (QED) is 0.805. The Kier molecular flexibility index (Phi) is 6.19. The number of carbonyl (C=O) groups excluding carboxylic acids is 2. The highest BCUT2D eigenvalue weighted by molar-refractivity contribution is 6.30. The van der Waals surface area contributed by atoms with Gasteiger partial charge in [0.2, 0.25) is 0 Å². The number of nitrogens with zero attached hydrogens (tertiary/aromatic N) is 1. The van der Waals surface area contributed by atoms with Crippen LogP contribution in [0.4, 0.5) is 0 Å². The molecule has 1 heterocycles. The molecule has 3 rings (SSSR count). The molecule has 7 heteroatoms. The first-order valence-corrected chi connectivity index (χ1v) is 7.94. The zero-order valence-corrected chi connectivity index (χ0v) is 15.4. The Morgan fingerprint density at radius 2 is 1.72 bits per heavy atom. The fraction of sp³-hybridized carbons (Fsp3) is 0.222. The van der Waals surface area contributed by atoms with Crippen LogP contribution in [0.2, 0.25) is 5.02 Å². The summed E-state index contributed by atoms with van der Waals surface area (Å²) in [6.07, 6.45) is 0. The minimum atomic E-state index is -0.432. The van der Waals surface area contributed by atoms with Gasteiger partial charge < -0.3 is 5.32 Å². The van der Waals surface area contributed by atoms with E-state index in [0.29, 0.717) is 16.1 Å². The number of hydrogen-bond acceptors (Lipinski definition) is 4. The number of amides is 2. The summed E-state index contributed by atoms with van der Waals surface area (Å²) in [5.41, 5.74) is 2.74. The van der Waals surface area contributed by atoms with Gasteiger partial charge in [0.05, 0.1) is 23.8 Å². The fourth-order valence-electron chi connectivity index (χ4n) is 2.79. The standard InChI is InChI=1S/C18H17ClN2O3.ClH/c1-11-9-12(19)7-8-13(11)16(20-2)10-24-21-17(22)14-5-3-4-6-15(14)18(21)23;/h3-9,16,20H,10H2,1-2H3;1H. The van der Waals surface area contributed by atoms with Crippen LogP contribution in [0.1, 0.15) is 37.9 Å². The van der Waals surface area contributed by atoms with E-state index < -0.39 is 11.8 Å². The monoisotopic (exact) mass is 380 g/mol. The van der Waals surface area contributed by atoms with Crippen LogP contribution in [0.15, 0.2) is 42.5 Å². The summed E-state index contributed by atoms with van der Waals surface area (Å²) in [7, 11) is 1.80. The molecule has 0 saturated carbocycles. The Labute approximate surface area is 157 Å². The van der Waals surface area contributed by atoms with E-state index in [1.807, 2.05) is 19.1 Å². The molecule has 0 bridgehead atoms. The predicted molar refractivity (Wildman–Crippen MR) is 98.1 cm³/mol. The molecule has 0 spiro atoms. The summed E-state index contributed by atoms with van der Waals surface area (Å²) in [6, 6.07) is 12.1. The summed E-state index contributed by atoms with van der Waals surface area (Å²) >= 11 is 5.99. The van der Waals surface area contributed by atoms with E-state index >= 15 is 0 Å². The molecule has 25 heavy (non-hydrogen) atoms. The predicted octanol–water partition coefficient (Wildman–Crippen LogP) is 3.56. The molecule has 0 fully saturated rings. The third-order valence-corrected chi connectivity index (χ3v) is 4.32. The van der Waals surface area contributed by atoms with Gasteiger partial charge in [0.15, 0.2) is 0 Å². The molecule has 0 aromatic heterocycles. The molecule has 132 valence electrons. The average molecular weight is 381 g/mol. The van der Waals surface area contributed by atoms with Gasteiger partial charge >= 0.3 is 0 Å². The number of hydrogen-bond donors (Lipinski definition) is 1. The van der Waals surface area contributed by atoms with E-state index in [-0.39, 0.29) is 25.1 Å². The van der Waals surface area contributed by atoms with E-state index in [2.05, 4.69) is 5.32 Å². The Bertz CT molecular complexity index is 776. The molecule has 1 N–H and O–H groups in total. The number of carbonyl (C=O) groups is 2. The molecule has 1 aliphatic heterocycles. The molecule has 1 unspecified atom stereocenters. The first-order valence-electron chi connectivity index (χ1n) is 7.57. The van der Waals surface area contributed by atoms with Gasteiger partial charge in [0.1, 0.15) is 0 Å². The van der Waals surface area contributed by atoms with Gasteiger partial charge in [-0.25, -0.2) is 0 Å². The minimum absolute atomic E-state index is 0. The van der Waals surface area contributed by atoms with Crippen molar-refractivity contribution in [3.63, 3.8) is 0 Å². The van der Waals surface area contributed by atoms with Crippen molar-refractivity contribution in [2.24, 2.45) is 0 Å². The lowest BCUT2D eigenvalue weighted by Crippen LogP contribution is -2.34. The first-order chi connectivity index (χ1) is 11.5. The average Bonchev–Trinajstić information content (AvgIpc) is 2.82. The molecule has 0 radical (unpaired) electrons. The Balaban J connectivity index is 0.00000225. The van der Waals surface area contributed by atoms with Crippen LogP contribution in [-0.4, -0.2) is 30.5 Å². The normalized spacial score (nSPS) is 14.3. The maximum Gasteiger partial charge on any atom is 0.285 e. The Morgan fingerprint density at radius 3 is 2.24 bits per heavy atom. The lowest BCUT2D eigenvalue weighted by molar-refractivity contribution is -0.0977. The van der Waals surface area contributed by atoms with Crippen molar-refractivity contribution in [2.75, 3.05) is 13.7 Å². The summed E-state index contributed by atoms with van der Waals surface area (Å²) in [6.45, 7) is 2.10. The lowest BCUT2D eigenvalue weighted by atomic mass is 10.0. The van der Waals surface area contributed by atoms with Crippen LogP contribution < -0.4 is 5.32 Å². The highest BCUT2D eigenvalue weighted by Gasteiger charge is 2.36. The highest BCUT2D eigenvalue weighted by Crippen LogP contribution is 2.25. The van der Waals surface area contributed by atoms with Crippen molar-refractivity contribution in [3.8, 4) is 0 Å². The van der Waals surface area contributed by atoms with Crippen LogP contribution in [-0.2, 0) is 4.84 Å². The first kappa shape index (κ1) is 19.4. The van der Waals surface area contributed by atoms with E-state index in [1.165, 1.54) is 0 Å². The number of rotatable bonds is 5. The number of nitrogens with one attached hydrogen (secondary N) is 1. The topological polar surface area (TPSA) is 58.6 Å². The molecular weight excluding hydrogens is 363 g/mol. The van der Waals surface area contributed by atoms with Crippen LogP contribution in [0, 0.1) is 6.92 Å². The second-order valence-electron chi connectivity index (χ2n) is 5.59. The van der Waals surface area contributed by atoms with Crippen LogP contribution in [0.5, 0.6) is 0 Å². The highest BCUT2D eigenvalue weighted by atomic mass is 35.5. The molecule has 2 amide bonds. The maximum absolute atomic E-state index is 12.3. The zero-order chi connectivity index (χ0) is 17.3. The van der Waals surface area contributed by atoms with Crippen LogP contribution in [0.25, 0.3) is 0 Å². The van der Waals surface area contributed by atoms with Gasteiger partial charge in [-0.05, 0) is 49.4 Å². The molecule has 1 atom stereocenters. The second-order valence-corrected chi connectivity index (χ2v) is 6.02. The maximum atomic E-state index is 12.3. The van der Waals surface area contributed by atoms with Crippen molar-refractivity contribution >= 4 is 35.8 Å². The van der Waals surface area contributed by atoms with Gasteiger partial charge in [-0.2, -0.15) is 0 Å². The SMILES string of the molecule is CNC(CON1C(=O)c2ccccc2C1=O)c1ccc(Cl)cc1C.Cl. The van der Waals surface area contributed by atoms with E-state index in [4.69, 9.17) is 16.4 Å². The summed E-state index contributed by atoms with van der Waals surface area (Å²) in [5, 5.41) is 4.63. The molecule has 1 aliphatic rings. The summed E-state index contributed by atoms with van der Waals surface area (Å²) < 4.78 is 0. The van der Waals surface area contributed by atoms with Crippen molar-refractivity contribution in [2.45, 2.75) is 13.0 Å². The molecule has 2 aromatic carbocycles. The van der Waals surface area contributed by atoms with Gasteiger partial charge in [-0.15, -0.1) is 17.5 Å². The van der Waals surface area contributed by atoms with Gasteiger partial charge in [-0.3, -0.25) is 14.4 Å². The molecular formula is C18H18Cl2N2O3. The van der Waals surface area contributed by atoms with Crippen molar-refractivity contribution in [1.82, 2.24) is 10.4 Å². The molecule has 0 aliphatic carbocycles. The van der Waals surface area contributed by atoms with Crippen molar-refractivity contribution in [3.05, 3.63) is 69.7 Å². The van der Waals surface area contributed by atoms with Gasteiger partial charge in [0.25, 0.3) is 11.8 Å². The second kappa shape index (κ2) is 7.97. The molecule has 0 saturated heterocycles.